The van der Waals surface area contributed by atoms with Gasteiger partial charge in [-0.3, -0.25) is 19.2 Å². The van der Waals surface area contributed by atoms with Crippen LogP contribution in [0.2, 0.25) is 0 Å². The number of hydrogen-bond donors (Lipinski definition) is 2. The van der Waals surface area contributed by atoms with Crippen LogP contribution in [-0.2, 0) is 38.0 Å². The van der Waals surface area contributed by atoms with E-state index in [-0.39, 0.29) is 35.4 Å². The first kappa shape index (κ1) is 37.3. The third-order valence-electron chi connectivity index (χ3n) is 10.3. The summed E-state index contributed by atoms with van der Waals surface area (Å²) in [6.07, 6.45) is 3.75. The number of piperidine rings is 1. The van der Waals surface area contributed by atoms with Crippen molar-refractivity contribution in [3.63, 3.8) is 0 Å². The summed E-state index contributed by atoms with van der Waals surface area (Å²) in [4.78, 5) is 70.1. The van der Waals surface area contributed by atoms with Crippen LogP contribution in [0.5, 0.6) is 0 Å². The monoisotopic (exact) mass is 716 g/mol. The number of amides is 3. The molecule has 2 aliphatic rings. The summed E-state index contributed by atoms with van der Waals surface area (Å²) >= 11 is 0. The van der Waals surface area contributed by atoms with Crippen molar-refractivity contribution in [1.29, 1.82) is 0 Å². The van der Waals surface area contributed by atoms with Gasteiger partial charge in [0.1, 0.15) is 17.2 Å². The summed E-state index contributed by atoms with van der Waals surface area (Å²) in [5.74, 6) is -1.73. The molecule has 3 atom stereocenters. The number of aryl methyl sites for hydroxylation is 1. The highest BCUT2D eigenvalue weighted by Gasteiger charge is 2.50. The minimum atomic E-state index is -1.17. The van der Waals surface area contributed by atoms with Gasteiger partial charge in [-0.2, -0.15) is 0 Å². The van der Waals surface area contributed by atoms with Gasteiger partial charge >= 0.3 is 5.97 Å². The van der Waals surface area contributed by atoms with Gasteiger partial charge in [-0.1, -0.05) is 84.9 Å². The van der Waals surface area contributed by atoms with Gasteiger partial charge < -0.3 is 24.8 Å². The minimum absolute atomic E-state index is 0.0167. The first-order valence-electron chi connectivity index (χ1n) is 18.4. The average Bonchev–Trinajstić information content (AvgIpc) is 3.15. The second-order valence-electron chi connectivity index (χ2n) is 15.1. The number of nitrogens with zero attached hydrogens (tertiary/aromatic N) is 2. The maximum Gasteiger partial charge on any atom is 0.329 e. The average molecular weight is 717 g/mol. The molecule has 53 heavy (non-hydrogen) atoms. The fourth-order valence-corrected chi connectivity index (χ4v) is 7.68. The van der Waals surface area contributed by atoms with E-state index in [2.05, 4.69) is 10.6 Å². The third kappa shape index (κ3) is 8.11. The van der Waals surface area contributed by atoms with E-state index in [0.29, 0.717) is 38.8 Å². The number of esters is 1. The van der Waals surface area contributed by atoms with Crippen molar-refractivity contribution < 1.29 is 23.9 Å². The molecule has 1 aliphatic heterocycles. The van der Waals surface area contributed by atoms with E-state index in [1.807, 2.05) is 89.8 Å². The normalized spacial score (nSPS) is 19.4. The fourth-order valence-electron chi connectivity index (χ4n) is 7.68. The highest BCUT2D eigenvalue weighted by Crippen LogP contribution is 2.48. The molecule has 276 valence electrons. The number of ether oxygens (including phenoxy) is 1. The van der Waals surface area contributed by atoms with Crippen molar-refractivity contribution in [1.82, 2.24) is 20.1 Å². The molecule has 0 spiro atoms. The van der Waals surface area contributed by atoms with Gasteiger partial charge in [0.25, 0.3) is 11.5 Å². The van der Waals surface area contributed by atoms with Crippen molar-refractivity contribution >= 4 is 23.7 Å². The Labute approximate surface area is 310 Å². The van der Waals surface area contributed by atoms with Gasteiger partial charge in [0.2, 0.25) is 11.8 Å². The molecule has 1 aliphatic carbocycles. The molecule has 0 radical (unpaired) electrons. The SMILES string of the molecule is Cn1cccc(C(=O)NC2CCN(C(=O)[C@H]3CC[C@@](C(=O)N[C@H](Cc4ccccc4)C(=O)OC(C)(C)C)(c4ccccc4)c4ccccc43)CC2)c1=O. The number of carbonyl (C=O) groups is 4. The predicted octanol–water partition coefficient (Wildman–Crippen LogP) is 5.04. The minimum Gasteiger partial charge on any atom is -0.458 e. The second kappa shape index (κ2) is 15.6. The van der Waals surface area contributed by atoms with E-state index < -0.39 is 34.9 Å². The number of carbonyl (C=O) groups excluding carboxylic acids is 4. The molecule has 0 saturated carbocycles. The standard InChI is InChI=1S/C43H48N4O6/c1-42(2,3)53-40(51)36(28-29-14-7-5-8-15-29)45-41(52)43(30-16-9-6-10-17-30)24-21-33(32-18-11-12-20-35(32)43)39(50)47-26-22-31(23-27-47)44-37(48)34-19-13-25-46(4)38(34)49/h5-20,25,31,33,36H,21-24,26-28H2,1-4H3,(H,44,48)(H,45,52)/t33-,36+,43+/m0/s1. The first-order valence-corrected chi connectivity index (χ1v) is 18.4. The Hall–Kier alpha value is -5.51. The lowest BCUT2D eigenvalue weighted by Crippen LogP contribution is -2.55. The van der Waals surface area contributed by atoms with E-state index in [9.17, 15) is 24.0 Å². The maximum absolute atomic E-state index is 14.9. The molecule has 2 N–H and O–H groups in total. The van der Waals surface area contributed by atoms with Crippen LogP contribution in [0.15, 0.2) is 108 Å². The molecular weight excluding hydrogens is 668 g/mol. The number of hydrogen-bond acceptors (Lipinski definition) is 6. The Bertz CT molecular complexity index is 2010. The van der Waals surface area contributed by atoms with E-state index in [1.165, 1.54) is 10.6 Å². The molecule has 2 heterocycles. The number of pyridine rings is 1. The number of rotatable bonds is 9. The summed E-state index contributed by atoms with van der Waals surface area (Å²) in [6, 6.07) is 28.8. The van der Waals surface area contributed by atoms with Crippen molar-refractivity contribution in [2.24, 2.45) is 7.05 Å². The Kier molecular flexibility index (Phi) is 11.0. The van der Waals surface area contributed by atoms with Crippen LogP contribution in [0.3, 0.4) is 0 Å². The molecule has 3 amide bonds. The smallest absolute Gasteiger partial charge is 0.329 e. The molecular formula is C43H48N4O6. The van der Waals surface area contributed by atoms with Crippen LogP contribution in [-0.4, -0.2) is 63.9 Å². The molecule has 10 nitrogen and oxygen atoms in total. The summed E-state index contributed by atoms with van der Waals surface area (Å²) in [6.45, 7) is 6.32. The van der Waals surface area contributed by atoms with Gasteiger partial charge in [0.15, 0.2) is 0 Å². The highest BCUT2D eigenvalue weighted by atomic mass is 16.6. The van der Waals surface area contributed by atoms with E-state index in [1.54, 1.807) is 40.1 Å². The van der Waals surface area contributed by atoms with Gasteiger partial charge in [0.05, 0.1) is 11.3 Å². The van der Waals surface area contributed by atoms with Crippen molar-refractivity contribution in [2.75, 3.05) is 13.1 Å². The van der Waals surface area contributed by atoms with Crippen molar-refractivity contribution in [3.05, 3.63) is 141 Å². The molecule has 4 aromatic rings. The Morgan fingerprint density at radius 2 is 1.49 bits per heavy atom. The maximum atomic E-state index is 14.9. The van der Waals surface area contributed by atoms with Gasteiger partial charge in [0, 0.05) is 38.8 Å². The fraction of sp³-hybridized carbons (Fsp3) is 0.372. The molecule has 1 fully saturated rings. The van der Waals surface area contributed by atoms with Crippen LogP contribution in [0.4, 0.5) is 0 Å². The lowest BCUT2D eigenvalue weighted by Gasteiger charge is -2.43. The second-order valence-corrected chi connectivity index (χ2v) is 15.1. The largest absolute Gasteiger partial charge is 0.458 e. The Balaban J connectivity index is 1.25. The Morgan fingerprint density at radius 3 is 2.17 bits per heavy atom. The van der Waals surface area contributed by atoms with E-state index >= 15 is 0 Å². The van der Waals surface area contributed by atoms with Crippen molar-refractivity contribution in [2.45, 2.75) is 81.9 Å². The topological polar surface area (TPSA) is 127 Å². The molecule has 6 rings (SSSR count). The summed E-state index contributed by atoms with van der Waals surface area (Å²) < 4.78 is 7.18. The number of likely N-dealkylation sites (tertiary alicyclic amines) is 1. The van der Waals surface area contributed by atoms with Crippen molar-refractivity contribution in [3.8, 4) is 0 Å². The number of fused-ring (bicyclic) bond motifs is 1. The zero-order valence-electron chi connectivity index (χ0n) is 30.8. The molecule has 10 heteroatoms. The van der Waals surface area contributed by atoms with Gasteiger partial charge in [-0.05, 0) is 80.8 Å². The van der Waals surface area contributed by atoms with Gasteiger partial charge in [-0.15, -0.1) is 0 Å². The zero-order valence-corrected chi connectivity index (χ0v) is 30.8. The van der Waals surface area contributed by atoms with Crippen LogP contribution in [0.25, 0.3) is 0 Å². The molecule has 3 aromatic carbocycles. The molecule has 1 aromatic heterocycles. The summed E-state index contributed by atoms with van der Waals surface area (Å²) in [5, 5.41) is 6.10. The van der Waals surface area contributed by atoms with Gasteiger partial charge in [-0.25, -0.2) is 4.79 Å². The highest BCUT2D eigenvalue weighted by molar-refractivity contribution is 5.97. The molecule has 0 bridgehead atoms. The predicted molar refractivity (Wildman–Crippen MR) is 202 cm³/mol. The number of aromatic nitrogens is 1. The molecule has 1 saturated heterocycles. The Morgan fingerprint density at radius 1 is 0.849 bits per heavy atom. The van der Waals surface area contributed by atoms with Crippen LogP contribution in [0, 0.1) is 0 Å². The lowest BCUT2D eigenvalue weighted by molar-refractivity contribution is -0.159. The molecule has 0 unspecified atom stereocenters. The van der Waals surface area contributed by atoms with Crippen LogP contribution < -0.4 is 16.2 Å². The summed E-state index contributed by atoms with van der Waals surface area (Å²) in [7, 11) is 1.61. The van der Waals surface area contributed by atoms with E-state index in [0.717, 1.165) is 22.3 Å². The van der Waals surface area contributed by atoms with Crippen LogP contribution in [0.1, 0.15) is 85.0 Å². The van der Waals surface area contributed by atoms with E-state index in [4.69, 9.17) is 4.74 Å². The first-order chi connectivity index (χ1) is 25.4. The zero-order chi connectivity index (χ0) is 37.8. The lowest BCUT2D eigenvalue weighted by atomic mass is 9.62. The summed E-state index contributed by atoms with van der Waals surface area (Å²) in [5.41, 5.74) is 1.01. The third-order valence-corrected chi connectivity index (χ3v) is 10.3. The number of nitrogens with one attached hydrogen (secondary N) is 2. The quantitative estimate of drug-likeness (QED) is 0.234. The van der Waals surface area contributed by atoms with Crippen LogP contribution >= 0.6 is 0 Å². The number of benzene rings is 3.